The minimum atomic E-state index is 0.978. The largest absolute Gasteiger partial charge is 0.365 e. The van der Waals surface area contributed by atoms with E-state index in [-0.39, 0.29) is 0 Å². The van der Waals surface area contributed by atoms with Gasteiger partial charge >= 0.3 is 0 Å². The van der Waals surface area contributed by atoms with E-state index in [0.29, 0.717) is 0 Å². The normalized spacial score (nSPS) is 10.3. The van der Waals surface area contributed by atoms with Crippen molar-refractivity contribution >= 4 is 16.5 Å². The fourth-order valence-electron chi connectivity index (χ4n) is 1.58. The molecule has 2 rings (SSSR count). The Morgan fingerprint density at radius 3 is 2.53 bits per heavy atom. The maximum absolute atomic E-state index is 4.45. The predicted molar refractivity (Wildman–Crippen MR) is 66.6 cm³/mol. The summed E-state index contributed by atoms with van der Waals surface area (Å²) in [6.45, 7) is 4.19. The summed E-state index contributed by atoms with van der Waals surface area (Å²) in [5.74, 6) is 0. The van der Waals surface area contributed by atoms with E-state index in [1.54, 1.807) is 11.3 Å². The fraction of sp³-hybridized carbons (Fsp3) is 0.250. The summed E-state index contributed by atoms with van der Waals surface area (Å²) in [5, 5.41) is 4.06. The van der Waals surface area contributed by atoms with E-state index < -0.39 is 0 Å². The second kappa shape index (κ2) is 4.03. The first-order chi connectivity index (χ1) is 7.22. The molecule has 3 heteroatoms. The number of nitrogens with one attached hydrogen (secondary N) is 1. The first kappa shape index (κ1) is 10.2. The Kier molecular flexibility index (Phi) is 2.73. The molecule has 1 N–H and O–H groups in total. The number of aromatic nitrogens is 1. The fourth-order valence-corrected chi connectivity index (χ4v) is 2.59. The highest BCUT2D eigenvalue weighted by molar-refractivity contribution is 7.19. The monoisotopic (exact) mass is 218 g/mol. The van der Waals surface area contributed by atoms with Crippen LogP contribution in [-0.4, -0.2) is 12.0 Å². The molecule has 15 heavy (non-hydrogen) atoms. The van der Waals surface area contributed by atoms with Crippen LogP contribution < -0.4 is 5.32 Å². The molecule has 2 aromatic rings. The molecule has 0 aliphatic carbocycles. The second-order valence-corrected chi connectivity index (χ2v) is 4.50. The number of hydrogen-bond donors (Lipinski definition) is 1. The molecule has 2 nitrogen and oxygen atoms in total. The third-order valence-electron chi connectivity index (χ3n) is 2.40. The quantitative estimate of drug-likeness (QED) is 0.835. The maximum Gasteiger partial charge on any atom is 0.183 e. The second-order valence-electron chi connectivity index (χ2n) is 3.50. The van der Waals surface area contributed by atoms with Crippen LogP contribution in [0.3, 0.4) is 0 Å². The highest BCUT2D eigenvalue weighted by Crippen LogP contribution is 2.34. The van der Waals surface area contributed by atoms with E-state index in [1.165, 1.54) is 16.0 Å². The standard InChI is InChI=1S/C12H14N2S/c1-8-6-4-5-7-10(8)11-9(2)14-12(13-3)15-11/h4-7H,1-3H3,(H,13,14). The summed E-state index contributed by atoms with van der Waals surface area (Å²) in [4.78, 5) is 5.72. The van der Waals surface area contributed by atoms with Crippen molar-refractivity contribution in [2.45, 2.75) is 13.8 Å². The lowest BCUT2D eigenvalue weighted by molar-refractivity contribution is 1.25. The number of aryl methyl sites for hydroxylation is 2. The zero-order valence-electron chi connectivity index (χ0n) is 9.16. The number of nitrogens with zero attached hydrogens (tertiary/aromatic N) is 1. The highest BCUT2D eigenvalue weighted by Gasteiger charge is 2.09. The van der Waals surface area contributed by atoms with Gasteiger partial charge in [0.2, 0.25) is 0 Å². The lowest BCUT2D eigenvalue weighted by Gasteiger charge is -2.02. The topological polar surface area (TPSA) is 24.9 Å². The first-order valence-corrected chi connectivity index (χ1v) is 5.75. The van der Waals surface area contributed by atoms with Crippen LogP contribution in [-0.2, 0) is 0 Å². The SMILES string of the molecule is CNc1nc(C)c(-c2ccccc2C)s1. The molecular weight excluding hydrogens is 204 g/mol. The molecule has 78 valence electrons. The number of thiazole rings is 1. The molecule has 0 saturated heterocycles. The molecule has 0 fully saturated rings. The van der Waals surface area contributed by atoms with Gasteiger partial charge in [-0.2, -0.15) is 0 Å². The molecule has 1 heterocycles. The van der Waals surface area contributed by atoms with Crippen LogP contribution in [0.5, 0.6) is 0 Å². The summed E-state index contributed by atoms with van der Waals surface area (Å²) in [6.07, 6.45) is 0. The maximum atomic E-state index is 4.45. The van der Waals surface area contributed by atoms with Crippen LogP contribution in [0, 0.1) is 13.8 Å². The number of benzene rings is 1. The Bertz CT molecular complexity index is 474. The molecule has 0 spiro atoms. The number of rotatable bonds is 2. The van der Waals surface area contributed by atoms with Crippen LogP contribution in [0.15, 0.2) is 24.3 Å². The van der Waals surface area contributed by atoms with Gasteiger partial charge in [-0.3, -0.25) is 0 Å². The van der Waals surface area contributed by atoms with E-state index in [2.05, 4.69) is 48.4 Å². The molecular formula is C12H14N2S. The average molecular weight is 218 g/mol. The van der Waals surface area contributed by atoms with Crippen molar-refractivity contribution in [1.29, 1.82) is 0 Å². The Balaban J connectivity index is 2.54. The Hall–Kier alpha value is -1.35. The molecule has 0 unspecified atom stereocenters. The van der Waals surface area contributed by atoms with Gasteiger partial charge in [0.15, 0.2) is 5.13 Å². The lowest BCUT2D eigenvalue weighted by atomic mass is 10.1. The Morgan fingerprint density at radius 2 is 1.93 bits per heavy atom. The Morgan fingerprint density at radius 1 is 1.20 bits per heavy atom. The van der Waals surface area contributed by atoms with Crippen LogP contribution in [0.4, 0.5) is 5.13 Å². The summed E-state index contributed by atoms with van der Waals surface area (Å²) in [7, 11) is 1.90. The molecule has 0 aliphatic heterocycles. The van der Waals surface area contributed by atoms with Crippen molar-refractivity contribution < 1.29 is 0 Å². The van der Waals surface area contributed by atoms with Gasteiger partial charge in [-0.1, -0.05) is 35.6 Å². The summed E-state index contributed by atoms with van der Waals surface area (Å²) >= 11 is 1.70. The third kappa shape index (κ3) is 1.88. The molecule has 1 aromatic carbocycles. The van der Waals surface area contributed by atoms with Gasteiger partial charge in [0, 0.05) is 7.05 Å². The number of hydrogen-bond acceptors (Lipinski definition) is 3. The molecule has 0 bridgehead atoms. The molecule has 0 saturated carbocycles. The lowest BCUT2D eigenvalue weighted by Crippen LogP contribution is -1.85. The van der Waals surface area contributed by atoms with Crippen LogP contribution in [0.1, 0.15) is 11.3 Å². The average Bonchev–Trinajstić information content (AvgIpc) is 2.60. The van der Waals surface area contributed by atoms with E-state index >= 15 is 0 Å². The van der Waals surface area contributed by atoms with Crippen molar-refractivity contribution in [2.24, 2.45) is 0 Å². The van der Waals surface area contributed by atoms with Gasteiger partial charge < -0.3 is 5.32 Å². The molecule has 0 atom stereocenters. The minimum absolute atomic E-state index is 0.978. The van der Waals surface area contributed by atoms with Crippen molar-refractivity contribution in [3.63, 3.8) is 0 Å². The van der Waals surface area contributed by atoms with Gasteiger partial charge in [0.25, 0.3) is 0 Å². The Labute approximate surface area is 94.0 Å². The smallest absolute Gasteiger partial charge is 0.183 e. The van der Waals surface area contributed by atoms with Crippen LogP contribution >= 0.6 is 11.3 Å². The zero-order valence-corrected chi connectivity index (χ0v) is 9.98. The van der Waals surface area contributed by atoms with Gasteiger partial charge in [-0.15, -0.1) is 0 Å². The van der Waals surface area contributed by atoms with E-state index in [1.807, 2.05) is 7.05 Å². The van der Waals surface area contributed by atoms with Crippen LogP contribution in [0.2, 0.25) is 0 Å². The van der Waals surface area contributed by atoms with Crippen molar-refractivity contribution in [3.8, 4) is 10.4 Å². The van der Waals surface area contributed by atoms with E-state index in [0.717, 1.165) is 10.8 Å². The molecule has 0 radical (unpaired) electrons. The van der Waals surface area contributed by atoms with Gasteiger partial charge in [-0.25, -0.2) is 4.98 Å². The summed E-state index contributed by atoms with van der Waals surface area (Å²) in [6, 6.07) is 8.41. The first-order valence-electron chi connectivity index (χ1n) is 4.93. The van der Waals surface area contributed by atoms with Crippen LogP contribution in [0.25, 0.3) is 10.4 Å². The van der Waals surface area contributed by atoms with Crippen molar-refractivity contribution in [3.05, 3.63) is 35.5 Å². The van der Waals surface area contributed by atoms with Crippen molar-refractivity contribution in [2.75, 3.05) is 12.4 Å². The van der Waals surface area contributed by atoms with Gasteiger partial charge in [0.05, 0.1) is 10.6 Å². The predicted octanol–water partition coefficient (Wildman–Crippen LogP) is 3.47. The minimum Gasteiger partial charge on any atom is -0.365 e. The number of anilines is 1. The summed E-state index contributed by atoms with van der Waals surface area (Å²) < 4.78 is 0. The van der Waals surface area contributed by atoms with E-state index in [4.69, 9.17) is 0 Å². The zero-order chi connectivity index (χ0) is 10.8. The third-order valence-corrected chi connectivity index (χ3v) is 3.61. The van der Waals surface area contributed by atoms with Crippen molar-refractivity contribution in [1.82, 2.24) is 4.98 Å². The highest BCUT2D eigenvalue weighted by atomic mass is 32.1. The van der Waals surface area contributed by atoms with Gasteiger partial charge in [-0.05, 0) is 25.0 Å². The molecule has 1 aromatic heterocycles. The molecule has 0 amide bonds. The van der Waals surface area contributed by atoms with Gasteiger partial charge in [0.1, 0.15) is 0 Å². The molecule has 0 aliphatic rings. The summed E-state index contributed by atoms with van der Waals surface area (Å²) in [5.41, 5.74) is 3.68. The van der Waals surface area contributed by atoms with E-state index in [9.17, 15) is 0 Å².